The van der Waals surface area contributed by atoms with Gasteiger partial charge in [-0.3, -0.25) is 0 Å². The molecule has 3 nitrogen and oxygen atoms in total. The van der Waals surface area contributed by atoms with Crippen molar-refractivity contribution >= 4 is 5.57 Å². The Balaban J connectivity index is 1.96. The summed E-state index contributed by atoms with van der Waals surface area (Å²) in [5, 5.41) is 33.8. The molecule has 1 atom stereocenters. The molecule has 3 heteroatoms. The van der Waals surface area contributed by atoms with Crippen molar-refractivity contribution in [2.24, 2.45) is 5.92 Å². The summed E-state index contributed by atoms with van der Waals surface area (Å²) in [6.45, 7) is 4.36. The monoisotopic (exact) mass is 484 g/mol. The molecular weight excluding hydrogens is 444 g/mol. The number of allylic oxidation sites excluding steroid dienone is 1. The predicted molar refractivity (Wildman–Crippen MR) is 149 cm³/mol. The first-order chi connectivity index (χ1) is 17.5. The van der Waals surface area contributed by atoms with Crippen LogP contribution in [-0.4, -0.2) is 21.9 Å². The third-order valence-electron chi connectivity index (χ3n) is 7.66. The largest absolute Gasteiger partial charge is 0.507 e. The lowest BCUT2D eigenvalue weighted by Gasteiger charge is -2.28. The van der Waals surface area contributed by atoms with Crippen LogP contribution in [0.3, 0.4) is 0 Å². The number of aromatic hydroxyl groups is 2. The molecule has 3 aromatic rings. The zero-order chi connectivity index (χ0) is 25.5. The van der Waals surface area contributed by atoms with E-state index in [-0.39, 0.29) is 18.1 Å². The highest BCUT2D eigenvalue weighted by atomic mass is 16.3. The number of rotatable bonds is 10. The van der Waals surface area contributed by atoms with Crippen molar-refractivity contribution in [3.05, 3.63) is 99.6 Å². The Kier molecular flexibility index (Phi) is 8.88. The molecule has 0 saturated heterocycles. The summed E-state index contributed by atoms with van der Waals surface area (Å²) >= 11 is 0. The molecule has 0 aromatic heterocycles. The first-order valence-electron chi connectivity index (χ1n) is 13.5. The summed E-state index contributed by atoms with van der Waals surface area (Å²) in [5.74, 6) is 0.818. The number of phenolic OH excluding ortho intramolecular Hbond substituents is 2. The molecule has 4 rings (SSSR count). The fraction of sp³-hybridized carbons (Fsp3) is 0.394. The topological polar surface area (TPSA) is 60.7 Å². The zero-order valence-corrected chi connectivity index (χ0v) is 21.8. The van der Waals surface area contributed by atoms with Crippen molar-refractivity contribution in [3.8, 4) is 11.5 Å². The average Bonchev–Trinajstić information content (AvgIpc) is 2.90. The molecule has 0 amide bonds. The van der Waals surface area contributed by atoms with Gasteiger partial charge in [0.2, 0.25) is 0 Å². The smallest absolute Gasteiger partial charge is 0.130 e. The quantitative estimate of drug-likeness (QED) is 0.260. The molecule has 1 aliphatic rings. The minimum Gasteiger partial charge on any atom is -0.507 e. The van der Waals surface area contributed by atoms with Crippen molar-refractivity contribution in [1.29, 1.82) is 0 Å². The normalized spacial score (nSPS) is 15.9. The van der Waals surface area contributed by atoms with Crippen molar-refractivity contribution in [1.82, 2.24) is 0 Å². The fourth-order valence-electron chi connectivity index (χ4n) is 5.62. The van der Waals surface area contributed by atoms with Gasteiger partial charge in [-0.25, -0.2) is 0 Å². The maximum atomic E-state index is 11.8. The summed E-state index contributed by atoms with van der Waals surface area (Å²) in [7, 11) is 0. The van der Waals surface area contributed by atoms with Gasteiger partial charge in [0.15, 0.2) is 0 Å². The first-order valence-corrected chi connectivity index (χ1v) is 13.5. The summed E-state index contributed by atoms with van der Waals surface area (Å²) in [5.41, 5.74) is 7.59. The van der Waals surface area contributed by atoms with Gasteiger partial charge >= 0.3 is 0 Å². The molecule has 3 aromatic carbocycles. The van der Waals surface area contributed by atoms with E-state index >= 15 is 0 Å². The molecule has 0 bridgehead atoms. The van der Waals surface area contributed by atoms with E-state index in [2.05, 4.69) is 38.1 Å². The summed E-state index contributed by atoms with van der Waals surface area (Å²) in [4.78, 5) is 0. The Labute approximate surface area is 216 Å². The van der Waals surface area contributed by atoms with Crippen LogP contribution >= 0.6 is 0 Å². The summed E-state index contributed by atoms with van der Waals surface area (Å²) < 4.78 is 0. The third kappa shape index (κ3) is 5.84. The number of phenols is 2. The number of aliphatic hydroxyl groups is 1. The Morgan fingerprint density at radius 3 is 1.83 bits per heavy atom. The molecule has 0 fully saturated rings. The Hall–Kier alpha value is -3.04. The molecule has 190 valence electrons. The van der Waals surface area contributed by atoms with Crippen molar-refractivity contribution < 1.29 is 15.3 Å². The molecule has 0 spiro atoms. The van der Waals surface area contributed by atoms with Gasteiger partial charge in [-0.05, 0) is 65.9 Å². The van der Waals surface area contributed by atoms with E-state index in [4.69, 9.17) is 0 Å². The summed E-state index contributed by atoms with van der Waals surface area (Å²) in [6.07, 6.45) is 7.85. The second kappa shape index (κ2) is 12.3. The molecular formula is C33H40O3. The maximum absolute atomic E-state index is 11.8. The highest BCUT2D eigenvalue weighted by Gasteiger charge is 2.29. The minimum absolute atomic E-state index is 0.0405. The Morgan fingerprint density at radius 2 is 1.33 bits per heavy atom. The highest BCUT2D eigenvalue weighted by Crippen LogP contribution is 2.48. The fourth-order valence-corrected chi connectivity index (χ4v) is 5.62. The van der Waals surface area contributed by atoms with Crippen LogP contribution in [0, 0.1) is 5.92 Å². The minimum atomic E-state index is -0.0405. The average molecular weight is 485 g/mol. The van der Waals surface area contributed by atoms with Gasteiger partial charge in [0, 0.05) is 24.0 Å². The zero-order valence-electron chi connectivity index (χ0n) is 21.8. The number of hydrogen-bond donors (Lipinski definition) is 3. The maximum Gasteiger partial charge on any atom is 0.130 e. The third-order valence-corrected chi connectivity index (χ3v) is 7.66. The van der Waals surface area contributed by atoms with Crippen LogP contribution in [-0.2, 0) is 19.3 Å². The standard InChI is InChI=1S/C33H40O3/c1-3-4-7-16-27-29(20-24-12-8-5-9-13-24)32(35)31(28-19-23(2)17-18-26(28)22-34)33(36)30(27)21-25-14-10-6-11-15-25/h5-6,8-15,23,34-36H,3-4,7,16-22H2,1-2H3. The number of aliphatic hydroxyl groups excluding tert-OH is 1. The lowest BCUT2D eigenvalue weighted by molar-refractivity contribution is 0.319. The van der Waals surface area contributed by atoms with Gasteiger partial charge in [-0.1, -0.05) is 87.4 Å². The van der Waals surface area contributed by atoms with Gasteiger partial charge in [0.05, 0.1) is 12.2 Å². The number of unbranched alkanes of at least 4 members (excludes halogenated alkanes) is 2. The van der Waals surface area contributed by atoms with Crippen molar-refractivity contribution in [2.75, 3.05) is 6.61 Å². The van der Waals surface area contributed by atoms with Crippen LogP contribution in [0.2, 0.25) is 0 Å². The van der Waals surface area contributed by atoms with Gasteiger partial charge < -0.3 is 15.3 Å². The molecule has 0 saturated carbocycles. The molecule has 0 aliphatic heterocycles. The summed E-state index contributed by atoms with van der Waals surface area (Å²) in [6, 6.07) is 20.5. The van der Waals surface area contributed by atoms with E-state index in [0.29, 0.717) is 24.3 Å². The van der Waals surface area contributed by atoms with Gasteiger partial charge in [0.1, 0.15) is 11.5 Å². The van der Waals surface area contributed by atoms with E-state index in [0.717, 1.165) is 83.9 Å². The van der Waals surface area contributed by atoms with E-state index in [1.165, 1.54) is 0 Å². The first kappa shape index (κ1) is 26.0. The van der Waals surface area contributed by atoms with E-state index < -0.39 is 0 Å². The molecule has 1 unspecified atom stereocenters. The van der Waals surface area contributed by atoms with Crippen LogP contribution in [0.15, 0.2) is 66.2 Å². The van der Waals surface area contributed by atoms with Crippen LogP contribution in [0.4, 0.5) is 0 Å². The number of hydrogen-bond acceptors (Lipinski definition) is 3. The van der Waals surface area contributed by atoms with E-state index in [1.807, 2.05) is 36.4 Å². The van der Waals surface area contributed by atoms with Gasteiger partial charge in [0.25, 0.3) is 0 Å². The second-order valence-electron chi connectivity index (χ2n) is 10.4. The number of benzene rings is 3. The van der Waals surface area contributed by atoms with Crippen LogP contribution < -0.4 is 0 Å². The van der Waals surface area contributed by atoms with Crippen molar-refractivity contribution in [3.63, 3.8) is 0 Å². The Bertz CT molecular complexity index is 1110. The molecule has 36 heavy (non-hydrogen) atoms. The lowest BCUT2D eigenvalue weighted by Crippen LogP contribution is -2.12. The SMILES string of the molecule is CCCCCc1c(Cc2ccccc2)c(O)c(C2=C(CO)CCC(C)C2)c(O)c1Cc1ccccc1. The second-order valence-corrected chi connectivity index (χ2v) is 10.4. The molecule has 0 radical (unpaired) electrons. The van der Waals surface area contributed by atoms with Crippen LogP contribution in [0.1, 0.15) is 85.8 Å². The van der Waals surface area contributed by atoms with E-state index in [1.54, 1.807) is 0 Å². The lowest BCUT2D eigenvalue weighted by atomic mass is 9.78. The molecule has 0 heterocycles. The molecule has 3 N–H and O–H groups in total. The molecule has 1 aliphatic carbocycles. The Morgan fingerprint density at radius 1 is 0.778 bits per heavy atom. The van der Waals surface area contributed by atoms with Crippen molar-refractivity contribution in [2.45, 2.75) is 71.6 Å². The highest BCUT2D eigenvalue weighted by molar-refractivity contribution is 5.81. The van der Waals surface area contributed by atoms with Gasteiger partial charge in [-0.15, -0.1) is 0 Å². The van der Waals surface area contributed by atoms with Crippen LogP contribution in [0.5, 0.6) is 11.5 Å². The van der Waals surface area contributed by atoms with Crippen LogP contribution in [0.25, 0.3) is 5.57 Å². The predicted octanol–water partition coefficient (Wildman–Crippen LogP) is 7.58. The van der Waals surface area contributed by atoms with E-state index in [9.17, 15) is 15.3 Å². The van der Waals surface area contributed by atoms with Gasteiger partial charge in [-0.2, -0.15) is 0 Å².